The summed E-state index contributed by atoms with van der Waals surface area (Å²) in [6, 6.07) is 24.8. The van der Waals surface area contributed by atoms with E-state index < -0.39 is 47.8 Å². The first-order chi connectivity index (χ1) is 22.2. The van der Waals surface area contributed by atoms with E-state index in [9.17, 15) is 19.2 Å². The normalized spacial score (nSPS) is 27.5. The molecule has 0 aromatic heterocycles. The third-order valence-electron chi connectivity index (χ3n) is 9.28. The van der Waals surface area contributed by atoms with Gasteiger partial charge in [-0.25, -0.2) is 19.8 Å². The second-order valence-corrected chi connectivity index (χ2v) is 14.4. The van der Waals surface area contributed by atoms with Crippen LogP contribution in [0, 0.1) is 11.8 Å². The minimum atomic E-state index is -0.974. The Morgan fingerprint density at radius 3 is 1.20 bits per heavy atom. The molecule has 0 bridgehead atoms. The van der Waals surface area contributed by atoms with Crippen molar-refractivity contribution in [2.24, 2.45) is 11.8 Å². The molecule has 4 amide bonds. The number of halogens is 4. The van der Waals surface area contributed by atoms with Crippen LogP contribution in [0.2, 0.25) is 10.0 Å². The van der Waals surface area contributed by atoms with Crippen LogP contribution in [0.1, 0.15) is 23.2 Å². The van der Waals surface area contributed by atoms with Crippen LogP contribution < -0.4 is 9.80 Å². The van der Waals surface area contributed by atoms with Crippen molar-refractivity contribution in [1.82, 2.24) is 10.0 Å². The van der Waals surface area contributed by atoms with Crippen LogP contribution in [-0.2, 0) is 19.2 Å². The Bertz CT molecular complexity index is 1820. The van der Waals surface area contributed by atoms with E-state index in [0.29, 0.717) is 32.5 Å². The van der Waals surface area contributed by atoms with Gasteiger partial charge in [0, 0.05) is 19.0 Å². The minimum absolute atomic E-state index is 0.380. The van der Waals surface area contributed by atoms with Gasteiger partial charge in [-0.05, 0) is 71.8 Å². The Kier molecular flexibility index (Phi) is 7.24. The number of amides is 4. The lowest BCUT2D eigenvalue weighted by molar-refractivity contribution is -0.136. The van der Waals surface area contributed by atoms with Crippen LogP contribution in [0.5, 0.6) is 0 Å². The lowest BCUT2D eigenvalue weighted by Crippen LogP contribution is -2.50. The molecule has 8 nitrogen and oxygen atoms in total. The van der Waals surface area contributed by atoms with Gasteiger partial charge >= 0.3 is 0 Å². The summed E-state index contributed by atoms with van der Waals surface area (Å²) in [5, 5.41) is 4.67. The molecule has 0 aliphatic carbocycles. The summed E-state index contributed by atoms with van der Waals surface area (Å²) in [5.41, 5.74) is 2.29. The van der Waals surface area contributed by atoms with Gasteiger partial charge in [-0.2, -0.15) is 0 Å². The average molecular weight is 781 g/mol. The van der Waals surface area contributed by atoms with Crippen molar-refractivity contribution in [3.8, 4) is 0 Å². The molecule has 230 valence electrons. The maximum absolute atomic E-state index is 14.5. The lowest BCUT2D eigenvalue weighted by Gasteiger charge is -2.35. The Balaban J connectivity index is 1.33. The summed E-state index contributed by atoms with van der Waals surface area (Å²) in [6.07, 6.45) is 0. The highest BCUT2D eigenvalue weighted by Crippen LogP contribution is 2.60. The molecule has 4 fully saturated rings. The zero-order chi connectivity index (χ0) is 32.0. The van der Waals surface area contributed by atoms with E-state index in [1.807, 2.05) is 46.4 Å². The number of nitrogens with zero attached hydrogens (tertiary/aromatic N) is 4. The van der Waals surface area contributed by atoms with Crippen molar-refractivity contribution in [3.63, 3.8) is 0 Å². The maximum Gasteiger partial charge on any atom is 0.253 e. The molecule has 46 heavy (non-hydrogen) atoms. The van der Waals surface area contributed by atoms with Gasteiger partial charge in [0.2, 0.25) is 11.8 Å². The number of anilines is 2. The topological polar surface area (TPSA) is 81.2 Å². The van der Waals surface area contributed by atoms with Gasteiger partial charge in [-0.1, -0.05) is 91.5 Å². The lowest BCUT2D eigenvalue weighted by atomic mass is 9.84. The van der Waals surface area contributed by atoms with Gasteiger partial charge in [-0.15, -0.1) is 0 Å². The largest absolute Gasteiger partial charge is 0.274 e. The molecule has 4 saturated heterocycles. The molecule has 8 rings (SSSR count). The number of benzene rings is 4. The average Bonchev–Trinajstić information content (AvgIpc) is 3.69. The molecule has 4 aliphatic heterocycles. The number of carbonyl (C=O) groups excluding carboxylic acids is 4. The number of imide groups is 2. The minimum Gasteiger partial charge on any atom is -0.274 e. The molecule has 0 saturated carbocycles. The molecule has 6 unspecified atom stereocenters. The second kappa shape index (κ2) is 11.1. The van der Waals surface area contributed by atoms with Crippen molar-refractivity contribution in [1.29, 1.82) is 0 Å². The van der Waals surface area contributed by atoms with E-state index in [1.165, 1.54) is 9.80 Å². The van der Waals surface area contributed by atoms with Crippen LogP contribution in [0.3, 0.4) is 0 Å². The molecule has 12 heteroatoms. The molecule has 0 N–H and O–H groups in total. The van der Waals surface area contributed by atoms with Crippen molar-refractivity contribution in [3.05, 3.63) is 127 Å². The molecule has 0 radical (unpaired) electrons. The van der Waals surface area contributed by atoms with Crippen LogP contribution >= 0.6 is 55.1 Å². The first kappa shape index (κ1) is 30.0. The standard InChI is InChI=1S/C34H22Br2Cl2N4O4/c35-19-3-1-5-23(15-19)39-31(43)25-27(17-7-11-21(37)12-8-17)42-30-26(32(44)40(34(30)46)24-6-2-4-20(36)16-24)28(41(42)29(25)33(39)45)18-9-13-22(38)14-10-18/h1-16,25-30H. The molecule has 4 aromatic rings. The molecule has 4 aliphatic rings. The van der Waals surface area contributed by atoms with Gasteiger partial charge in [0.05, 0.1) is 35.3 Å². The van der Waals surface area contributed by atoms with Gasteiger partial charge < -0.3 is 0 Å². The summed E-state index contributed by atoms with van der Waals surface area (Å²) in [7, 11) is 0. The van der Waals surface area contributed by atoms with Gasteiger partial charge in [-0.3, -0.25) is 19.2 Å². The summed E-state index contributed by atoms with van der Waals surface area (Å²) in [5.74, 6) is -3.34. The predicted molar refractivity (Wildman–Crippen MR) is 180 cm³/mol. The van der Waals surface area contributed by atoms with E-state index in [1.54, 1.807) is 60.7 Å². The Labute approximate surface area is 290 Å². The van der Waals surface area contributed by atoms with Crippen molar-refractivity contribution in [2.45, 2.75) is 24.2 Å². The summed E-state index contributed by atoms with van der Waals surface area (Å²) >= 11 is 19.5. The molecule has 4 heterocycles. The Morgan fingerprint density at radius 2 is 0.848 bits per heavy atom. The Hall–Kier alpha value is -3.38. The van der Waals surface area contributed by atoms with Crippen LogP contribution in [0.15, 0.2) is 106 Å². The number of rotatable bonds is 4. The monoisotopic (exact) mass is 778 g/mol. The third kappa shape index (κ3) is 4.38. The molecule has 4 aromatic carbocycles. The van der Waals surface area contributed by atoms with E-state index in [0.717, 1.165) is 8.95 Å². The van der Waals surface area contributed by atoms with Crippen LogP contribution in [-0.4, -0.2) is 45.7 Å². The van der Waals surface area contributed by atoms with E-state index >= 15 is 0 Å². The van der Waals surface area contributed by atoms with Crippen LogP contribution in [0.4, 0.5) is 11.4 Å². The highest BCUT2D eigenvalue weighted by Gasteiger charge is 2.73. The fourth-order valence-electron chi connectivity index (χ4n) is 7.56. The molecule has 6 atom stereocenters. The van der Waals surface area contributed by atoms with Gasteiger partial charge in [0.15, 0.2) is 0 Å². The molecular formula is C34H22Br2Cl2N4O4. The van der Waals surface area contributed by atoms with E-state index in [4.69, 9.17) is 23.2 Å². The number of carbonyl (C=O) groups is 4. The SMILES string of the molecule is O=C1C2C(C(=O)N1c1cccc(Br)c1)N1C(c3ccc(Cl)cc3)C3C(=O)N(c4cccc(Br)c4)C(=O)C3N1C2c1ccc(Cl)cc1. The fourth-order valence-corrected chi connectivity index (χ4v) is 8.58. The Morgan fingerprint density at radius 1 is 0.478 bits per heavy atom. The van der Waals surface area contributed by atoms with E-state index in [2.05, 4.69) is 31.9 Å². The second-order valence-electron chi connectivity index (χ2n) is 11.7. The first-order valence-corrected chi connectivity index (χ1v) is 16.8. The number of hydrogen-bond acceptors (Lipinski definition) is 6. The molecular weight excluding hydrogens is 759 g/mol. The zero-order valence-electron chi connectivity index (χ0n) is 23.6. The van der Waals surface area contributed by atoms with Crippen LogP contribution in [0.25, 0.3) is 0 Å². The van der Waals surface area contributed by atoms with E-state index in [-0.39, 0.29) is 11.8 Å². The highest BCUT2D eigenvalue weighted by molar-refractivity contribution is 9.10. The number of fused-ring (bicyclic) bond motifs is 5. The third-order valence-corrected chi connectivity index (χ3v) is 10.8. The van der Waals surface area contributed by atoms with Gasteiger partial charge in [0.1, 0.15) is 12.1 Å². The van der Waals surface area contributed by atoms with Crippen molar-refractivity contribution < 1.29 is 19.2 Å². The summed E-state index contributed by atoms with van der Waals surface area (Å²) in [4.78, 5) is 60.4. The first-order valence-electron chi connectivity index (χ1n) is 14.5. The number of hydrazine groups is 1. The molecule has 0 spiro atoms. The quantitative estimate of drug-likeness (QED) is 0.209. The zero-order valence-corrected chi connectivity index (χ0v) is 28.3. The predicted octanol–water partition coefficient (Wildman–Crippen LogP) is 6.96. The van der Waals surface area contributed by atoms with Gasteiger partial charge in [0.25, 0.3) is 11.8 Å². The maximum atomic E-state index is 14.5. The van der Waals surface area contributed by atoms with Crippen molar-refractivity contribution in [2.75, 3.05) is 9.80 Å². The van der Waals surface area contributed by atoms with Crippen molar-refractivity contribution >= 4 is 90.1 Å². The summed E-state index contributed by atoms with van der Waals surface area (Å²) < 4.78 is 1.44. The summed E-state index contributed by atoms with van der Waals surface area (Å²) in [6.45, 7) is 0. The number of hydrogen-bond donors (Lipinski definition) is 0. The smallest absolute Gasteiger partial charge is 0.253 e. The highest BCUT2D eigenvalue weighted by atomic mass is 79.9. The fraction of sp³-hybridized carbons (Fsp3) is 0.176.